The van der Waals surface area contributed by atoms with E-state index in [1.54, 1.807) is 18.2 Å². The first-order valence-electron chi connectivity index (χ1n) is 10.2. The summed E-state index contributed by atoms with van der Waals surface area (Å²) in [5.74, 6) is -10.9. The fourth-order valence-electron chi connectivity index (χ4n) is 3.10. The van der Waals surface area contributed by atoms with Crippen LogP contribution in [-0.4, -0.2) is 13.1 Å². The molecule has 2 aromatic rings. The van der Waals surface area contributed by atoms with E-state index in [0.29, 0.717) is 0 Å². The second-order valence-electron chi connectivity index (χ2n) is 6.80. The summed E-state index contributed by atoms with van der Waals surface area (Å²) >= 11 is 0. The van der Waals surface area contributed by atoms with Crippen molar-refractivity contribution in [1.82, 2.24) is 0 Å². The van der Waals surface area contributed by atoms with Crippen molar-refractivity contribution >= 4 is 17.3 Å². The van der Waals surface area contributed by atoms with E-state index in [9.17, 15) is 22.0 Å². The quantitative estimate of drug-likeness (QED) is 0.102. The Morgan fingerprint density at radius 3 is 1.91 bits per heavy atom. The van der Waals surface area contributed by atoms with E-state index >= 15 is 0 Å². The highest BCUT2D eigenvalue weighted by molar-refractivity contribution is 5.81. The molecule has 0 aliphatic heterocycles. The van der Waals surface area contributed by atoms with Gasteiger partial charge in [-0.1, -0.05) is 48.6 Å². The topological polar surface area (TPSA) is 31.4 Å². The molecule has 0 bridgehead atoms. The number of hydrogen-bond donors (Lipinski definition) is 0. The fraction of sp³-hybridized carbons (Fsp3) is 0.154. The lowest BCUT2D eigenvalue weighted by atomic mass is 10.0. The van der Waals surface area contributed by atoms with Crippen LogP contribution in [0.25, 0.3) is 16.5 Å². The molecular formula is C26H20F5N3. The Labute approximate surface area is 194 Å². The zero-order valence-electron chi connectivity index (χ0n) is 18.4. The van der Waals surface area contributed by atoms with E-state index in [4.69, 9.17) is 11.8 Å². The van der Waals surface area contributed by atoms with Crippen molar-refractivity contribution in [1.29, 1.82) is 5.26 Å². The first kappa shape index (κ1) is 26.1. The van der Waals surface area contributed by atoms with E-state index in [2.05, 4.69) is 23.6 Å². The maximum atomic E-state index is 14.2. The third-order valence-electron chi connectivity index (χ3n) is 4.86. The standard InChI is InChI=1S/C26H20F5N3/c1-4-34(5-2)18-14-12-17(13-15-18)10-8-6-7-9-11-19(20(16-32)33-3)21-22(27)24(29)26(31)25(30)23(21)28/h6-15H,4-5H2,1-2H3/b7-6+,10-8+,11-9+,20-19+. The van der Waals surface area contributed by atoms with Crippen LogP contribution < -0.4 is 4.90 Å². The van der Waals surface area contributed by atoms with Gasteiger partial charge in [0.2, 0.25) is 5.82 Å². The van der Waals surface area contributed by atoms with Crippen LogP contribution in [0.5, 0.6) is 0 Å². The summed E-state index contributed by atoms with van der Waals surface area (Å²) < 4.78 is 68.9. The average Bonchev–Trinajstić information content (AvgIpc) is 2.85. The molecule has 174 valence electrons. The number of nitriles is 1. The number of nitrogens with zero attached hydrogens (tertiary/aromatic N) is 3. The first-order valence-corrected chi connectivity index (χ1v) is 10.2. The summed E-state index contributed by atoms with van der Waals surface area (Å²) in [6.45, 7) is 12.9. The smallest absolute Gasteiger partial charge is 0.269 e. The number of rotatable bonds is 8. The minimum absolute atomic E-state index is 0.717. The molecule has 2 aromatic carbocycles. The van der Waals surface area contributed by atoms with E-state index in [1.807, 2.05) is 24.3 Å². The highest BCUT2D eigenvalue weighted by Gasteiger charge is 2.28. The molecule has 0 spiro atoms. The molecule has 0 aliphatic rings. The SMILES string of the molecule is [C-]#[N+]\C(C#N)=C(/C=C/C=C/C=C/c1ccc(N(CC)CC)cc1)c1c(F)c(F)c(F)c(F)c1F. The summed E-state index contributed by atoms with van der Waals surface area (Å²) in [6, 6.07) is 9.27. The van der Waals surface area contributed by atoms with Crippen molar-refractivity contribution < 1.29 is 22.0 Å². The van der Waals surface area contributed by atoms with Crippen LogP contribution in [0.4, 0.5) is 27.6 Å². The summed E-state index contributed by atoms with van der Waals surface area (Å²) in [5.41, 5.74) is -0.854. The van der Waals surface area contributed by atoms with Gasteiger partial charge in [0.1, 0.15) is 0 Å². The van der Waals surface area contributed by atoms with Crippen molar-refractivity contribution in [3.63, 3.8) is 0 Å². The molecule has 0 fully saturated rings. The van der Waals surface area contributed by atoms with Gasteiger partial charge >= 0.3 is 0 Å². The molecule has 0 amide bonds. The molecule has 0 saturated heterocycles. The normalized spacial score (nSPS) is 12.3. The van der Waals surface area contributed by atoms with Gasteiger partial charge in [0, 0.05) is 29.9 Å². The Kier molecular flexibility index (Phi) is 9.34. The molecule has 0 aliphatic carbocycles. The second-order valence-corrected chi connectivity index (χ2v) is 6.80. The molecule has 0 atom stereocenters. The van der Waals surface area contributed by atoms with Gasteiger partial charge in [-0.2, -0.15) is 0 Å². The predicted molar refractivity (Wildman–Crippen MR) is 123 cm³/mol. The Morgan fingerprint density at radius 1 is 0.882 bits per heavy atom. The molecule has 0 heterocycles. The fourth-order valence-corrected chi connectivity index (χ4v) is 3.10. The average molecular weight is 469 g/mol. The maximum Gasteiger partial charge on any atom is 0.269 e. The molecule has 0 radical (unpaired) electrons. The number of hydrogen-bond acceptors (Lipinski definition) is 2. The van der Waals surface area contributed by atoms with Crippen molar-refractivity contribution in [3.8, 4) is 6.07 Å². The molecule has 2 rings (SSSR count). The van der Waals surface area contributed by atoms with Crippen LogP contribution in [0.3, 0.4) is 0 Å². The molecule has 8 heteroatoms. The summed E-state index contributed by atoms with van der Waals surface area (Å²) in [4.78, 5) is 5.04. The third-order valence-corrected chi connectivity index (χ3v) is 4.86. The number of halogens is 5. The Balaban J connectivity index is 2.29. The second kappa shape index (κ2) is 12.2. The van der Waals surface area contributed by atoms with Gasteiger partial charge in [-0.05, 0) is 31.5 Å². The first-order chi connectivity index (χ1) is 16.3. The lowest BCUT2D eigenvalue weighted by molar-refractivity contribution is 0.376. The van der Waals surface area contributed by atoms with Crippen LogP contribution >= 0.6 is 0 Å². The van der Waals surface area contributed by atoms with Gasteiger partial charge in [0.05, 0.1) is 12.6 Å². The van der Waals surface area contributed by atoms with Gasteiger partial charge < -0.3 is 4.90 Å². The number of allylic oxidation sites excluding steroid dienone is 7. The largest absolute Gasteiger partial charge is 0.372 e. The molecule has 0 saturated carbocycles. The predicted octanol–water partition coefficient (Wildman–Crippen LogP) is 7.21. The molecule has 0 aromatic heterocycles. The number of benzene rings is 2. The zero-order valence-corrected chi connectivity index (χ0v) is 18.4. The molecule has 3 nitrogen and oxygen atoms in total. The van der Waals surface area contributed by atoms with Crippen molar-refractivity contribution in [2.75, 3.05) is 18.0 Å². The molecule has 0 unspecified atom stereocenters. The third kappa shape index (κ3) is 5.79. The van der Waals surface area contributed by atoms with Gasteiger partial charge in [0.15, 0.2) is 23.3 Å². The van der Waals surface area contributed by atoms with Crippen LogP contribution in [-0.2, 0) is 0 Å². The van der Waals surface area contributed by atoms with Crippen LogP contribution in [0.2, 0.25) is 0 Å². The minimum atomic E-state index is -2.32. The number of anilines is 1. The lowest BCUT2D eigenvalue weighted by Crippen LogP contribution is -2.21. The van der Waals surface area contributed by atoms with Gasteiger partial charge in [-0.3, -0.25) is 0 Å². The lowest BCUT2D eigenvalue weighted by Gasteiger charge is -2.20. The highest BCUT2D eigenvalue weighted by atomic mass is 19.2. The van der Waals surface area contributed by atoms with Crippen LogP contribution in [0, 0.1) is 47.0 Å². The van der Waals surface area contributed by atoms with Gasteiger partial charge in [-0.25, -0.2) is 32.1 Å². The van der Waals surface area contributed by atoms with Crippen LogP contribution in [0.1, 0.15) is 25.0 Å². The van der Waals surface area contributed by atoms with E-state index in [1.165, 1.54) is 18.2 Å². The van der Waals surface area contributed by atoms with E-state index in [-0.39, 0.29) is 0 Å². The Morgan fingerprint density at radius 2 is 1.41 bits per heavy atom. The zero-order chi connectivity index (χ0) is 25.3. The Hall–Kier alpha value is -4.17. The monoisotopic (exact) mass is 469 g/mol. The molecule has 0 N–H and O–H groups in total. The van der Waals surface area contributed by atoms with Crippen LogP contribution in [0.15, 0.2) is 60.3 Å². The summed E-state index contributed by atoms with van der Waals surface area (Å²) in [5, 5.41) is 9.09. The van der Waals surface area contributed by atoms with Crippen molar-refractivity contribution in [3.05, 3.63) is 112 Å². The van der Waals surface area contributed by atoms with E-state index in [0.717, 1.165) is 30.4 Å². The highest BCUT2D eigenvalue weighted by Crippen LogP contribution is 2.31. The summed E-state index contributed by atoms with van der Waals surface area (Å²) in [6.07, 6.45) is 8.64. The molecular weight excluding hydrogens is 449 g/mol. The van der Waals surface area contributed by atoms with Crippen molar-refractivity contribution in [2.24, 2.45) is 0 Å². The Bertz CT molecular complexity index is 1190. The molecule has 34 heavy (non-hydrogen) atoms. The maximum absolute atomic E-state index is 14.2. The van der Waals surface area contributed by atoms with E-state index < -0.39 is 45.9 Å². The van der Waals surface area contributed by atoms with Crippen molar-refractivity contribution in [2.45, 2.75) is 13.8 Å². The van der Waals surface area contributed by atoms with Gasteiger partial charge in [-0.15, -0.1) is 0 Å². The van der Waals surface area contributed by atoms with Gasteiger partial charge in [0.25, 0.3) is 5.70 Å². The minimum Gasteiger partial charge on any atom is -0.372 e. The summed E-state index contributed by atoms with van der Waals surface area (Å²) in [7, 11) is 0.